The molecule has 1 saturated heterocycles. The molecule has 0 spiro atoms. The van der Waals surface area contributed by atoms with Gasteiger partial charge >= 0.3 is 0 Å². The lowest BCUT2D eigenvalue weighted by Crippen LogP contribution is -2.37. The van der Waals surface area contributed by atoms with E-state index in [0.29, 0.717) is 24.7 Å². The molecule has 1 fully saturated rings. The van der Waals surface area contributed by atoms with Crippen LogP contribution in [-0.2, 0) is 19.5 Å². The predicted molar refractivity (Wildman–Crippen MR) is 102 cm³/mol. The monoisotopic (exact) mass is 356 g/mol. The molecule has 0 atom stereocenters. The van der Waals surface area contributed by atoms with Crippen molar-refractivity contribution >= 4 is 5.96 Å². The fraction of sp³-hybridized carbons (Fsp3) is 0.526. The summed E-state index contributed by atoms with van der Waals surface area (Å²) in [6.07, 6.45) is 3.34. The molecule has 0 unspecified atom stereocenters. The summed E-state index contributed by atoms with van der Waals surface area (Å²) in [6.45, 7) is 6.77. The Kier molecular flexibility index (Phi) is 6.60. The van der Waals surface area contributed by atoms with Crippen LogP contribution in [0.25, 0.3) is 0 Å². The minimum absolute atomic E-state index is 0.638. The Morgan fingerprint density at radius 2 is 1.88 bits per heavy atom. The third kappa shape index (κ3) is 5.56. The predicted octanol–water partition coefficient (Wildman–Crippen LogP) is 1.88. The summed E-state index contributed by atoms with van der Waals surface area (Å²) in [5.41, 5.74) is 2.62. The van der Waals surface area contributed by atoms with E-state index in [2.05, 4.69) is 54.9 Å². The number of aliphatic imine (C=N–C) groups is 1. The molecule has 26 heavy (non-hydrogen) atoms. The maximum Gasteiger partial charge on any atom is 0.228 e. The molecule has 3 rings (SSSR count). The highest BCUT2D eigenvalue weighted by molar-refractivity contribution is 5.79. The van der Waals surface area contributed by atoms with Crippen LogP contribution in [0.15, 0.2) is 33.8 Å². The number of likely N-dealkylation sites (tertiary alicyclic amines) is 1. The largest absolute Gasteiger partial charge is 0.356 e. The highest BCUT2D eigenvalue weighted by Crippen LogP contribution is 2.13. The first-order valence-corrected chi connectivity index (χ1v) is 9.27. The van der Waals surface area contributed by atoms with Crippen LogP contribution in [-0.4, -0.2) is 47.7 Å². The Morgan fingerprint density at radius 3 is 2.54 bits per heavy atom. The lowest BCUT2D eigenvalue weighted by molar-refractivity contribution is 0.331. The molecule has 7 nitrogen and oxygen atoms in total. The molecule has 0 radical (unpaired) electrons. The lowest BCUT2D eigenvalue weighted by atomic mass is 10.1. The van der Waals surface area contributed by atoms with Crippen LogP contribution < -0.4 is 10.6 Å². The molecule has 0 bridgehead atoms. The van der Waals surface area contributed by atoms with Crippen molar-refractivity contribution in [2.75, 3.05) is 26.7 Å². The van der Waals surface area contributed by atoms with Gasteiger partial charge in [0.2, 0.25) is 5.89 Å². The zero-order valence-electron chi connectivity index (χ0n) is 15.7. The Hall–Kier alpha value is -2.41. The molecule has 0 amide bonds. The first-order valence-electron chi connectivity index (χ1n) is 9.27. The van der Waals surface area contributed by atoms with E-state index >= 15 is 0 Å². The van der Waals surface area contributed by atoms with Gasteiger partial charge in [0.1, 0.15) is 0 Å². The number of aromatic nitrogens is 2. The number of hydrogen-bond donors (Lipinski definition) is 2. The highest BCUT2D eigenvalue weighted by Gasteiger charge is 2.11. The van der Waals surface area contributed by atoms with Crippen LogP contribution in [0.1, 0.15) is 35.7 Å². The van der Waals surface area contributed by atoms with Crippen LogP contribution in [0, 0.1) is 6.92 Å². The van der Waals surface area contributed by atoms with E-state index in [1.165, 1.54) is 37.1 Å². The first kappa shape index (κ1) is 18.4. The standard InChI is InChI=1S/C19H28N6O/c1-15-23-18(26-24-15)9-10-21-19(20-2)22-13-16-5-7-17(8-6-16)14-25-11-3-4-12-25/h5-8H,3-4,9-14H2,1-2H3,(H2,20,21,22). The normalized spacial score (nSPS) is 15.4. The smallest absolute Gasteiger partial charge is 0.228 e. The topological polar surface area (TPSA) is 78.6 Å². The fourth-order valence-electron chi connectivity index (χ4n) is 3.10. The Bertz CT molecular complexity index is 703. The van der Waals surface area contributed by atoms with E-state index in [1.807, 2.05) is 6.92 Å². The van der Waals surface area contributed by atoms with Crippen molar-refractivity contribution in [2.24, 2.45) is 4.99 Å². The summed E-state index contributed by atoms with van der Waals surface area (Å²) >= 11 is 0. The van der Waals surface area contributed by atoms with E-state index in [0.717, 1.165) is 19.0 Å². The second-order valence-corrected chi connectivity index (χ2v) is 6.64. The molecule has 1 aliphatic heterocycles. The lowest BCUT2D eigenvalue weighted by Gasteiger charge is -2.15. The van der Waals surface area contributed by atoms with Gasteiger partial charge in [0.15, 0.2) is 11.8 Å². The van der Waals surface area contributed by atoms with E-state index in [1.54, 1.807) is 7.05 Å². The molecule has 2 aromatic rings. The molecule has 140 valence electrons. The Labute approximate surface area is 154 Å². The van der Waals surface area contributed by atoms with Crippen molar-refractivity contribution < 1.29 is 4.52 Å². The van der Waals surface area contributed by atoms with E-state index in [4.69, 9.17) is 4.52 Å². The molecular weight excluding hydrogens is 328 g/mol. The summed E-state index contributed by atoms with van der Waals surface area (Å²) < 4.78 is 5.10. The van der Waals surface area contributed by atoms with Crippen molar-refractivity contribution in [2.45, 2.75) is 39.3 Å². The average Bonchev–Trinajstić information content (AvgIpc) is 3.31. The minimum Gasteiger partial charge on any atom is -0.356 e. The van der Waals surface area contributed by atoms with E-state index in [9.17, 15) is 0 Å². The second kappa shape index (κ2) is 9.33. The SMILES string of the molecule is CN=C(NCCc1nc(C)no1)NCc1ccc(CN2CCCC2)cc1. The van der Waals surface area contributed by atoms with Crippen LogP contribution in [0.4, 0.5) is 0 Å². The van der Waals surface area contributed by atoms with Gasteiger partial charge in [-0.15, -0.1) is 0 Å². The van der Waals surface area contributed by atoms with Crippen molar-refractivity contribution in [3.8, 4) is 0 Å². The summed E-state index contributed by atoms with van der Waals surface area (Å²) in [5.74, 6) is 2.07. The summed E-state index contributed by atoms with van der Waals surface area (Å²) in [6, 6.07) is 8.83. The third-order valence-corrected chi connectivity index (χ3v) is 4.51. The molecule has 7 heteroatoms. The average molecular weight is 356 g/mol. The van der Waals surface area contributed by atoms with Crippen LogP contribution in [0.5, 0.6) is 0 Å². The van der Waals surface area contributed by atoms with Crippen molar-refractivity contribution in [1.82, 2.24) is 25.7 Å². The molecule has 1 aliphatic rings. The number of hydrogen-bond acceptors (Lipinski definition) is 5. The quantitative estimate of drug-likeness (QED) is 0.583. The maximum atomic E-state index is 5.10. The molecule has 2 N–H and O–H groups in total. The highest BCUT2D eigenvalue weighted by atomic mass is 16.5. The van der Waals surface area contributed by atoms with E-state index < -0.39 is 0 Å². The number of rotatable bonds is 7. The van der Waals surface area contributed by atoms with Crippen LogP contribution in [0.2, 0.25) is 0 Å². The maximum absolute atomic E-state index is 5.10. The number of guanidine groups is 1. The fourth-order valence-corrected chi connectivity index (χ4v) is 3.10. The molecule has 2 heterocycles. The molecule has 0 aliphatic carbocycles. The third-order valence-electron chi connectivity index (χ3n) is 4.51. The number of benzene rings is 1. The number of nitrogens with one attached hydrogen (secondary N) is 2. The Balaban J connectivity index is 1.40. The summed E-state index contributed by atoms with van der Waals surface area (Å²) in [5, 5.41) is 10.4. The van der Waals surface area contributed by atoms with Gasteiger partial charge in [-0.1, -0.05) is 29.4 Å². The number of aryl methyl sites for hydroxylation is 1. The van der Waals surface area contributed by atoms with Crippen molar-refractivity contribution in [3.63, 3.8) is 0 Å². The summed E-state index contributed by atoms with van der Waals surface area (Å²) in [4.78, 5) is 11.0. The Morgan fingerprint density at radius 1 is 1.15 bits per heavy atom. The van der Waals surface area contributed by atoms with Gasteiger partial charge in [0.25, 0.3) is 0 Å². The molecular formula is C19H28N6O. The zero-order valence-corrected chi connectivity index (χ0v) is 15.7. The van der Waals surface area contributed by atoms with Gasteiger partial charge in [-0.3, -0.25) is 9.89 Å². The van der Waals surface area contributed by atoms with Crippen molar-refractivity contribution in [3.05, 3.63) is 47.1 Å². The van der Waals surface area contributed by atoms with Gasteiger partial charge in [0.05, 0.1) is 0 Å². The molecule has 1 aromatic heterocycles. The van der Waals surface area contributed by atoms with Gasteiger partial charge in [0, 0.05) is 33.1 Å². The minimum atomic E-state index is 0.638. The van der Waals surface area contributed by atoms with Crippen LogP contribution in [0.3, 0.4) is 0 Å². The van der Waals surface area contributed by atoms with Gasteiger partial charge < -0.3 is 15.2 Å². The summed E-state index contributed by atoms with van der Waals surface area (Å²) in [7, 11) is 1.77. The second-order valence-electron chi connectivity index (χ2n) is 6.64. The zero-order chi connectivity index (χ0) is 18.2. The number of nitrogens with zero attached hydrogens (tertiary/aromatic N) is 4. The van der Waals surface area contributed by atoms with Gasteiger partial charge in [-0.25, -0.2) is 0 Å². The van der Waals surface area contributed by atoms with E-state index in [-0.39, 0.29) is 0 Å². The van der Waals surface area contributed by atoms with Crippen molar-refractivity contribution in [1.29, 1.82) is 0 Å². The molecule has 0 saturated carbocycles. The first-order chi connectivity index (χ1) is 12.7. The van der Waals surface area contributed by atoms with Gasteiger partial charge in [-0.05, 0) is 44.0 Å². The van der Waals surface area contributed by atoms with Gasteiger partial charge in [-0.2, -0.15) is 4.98 Å². The van der Waals surface area contributed by atoms with Crippen LogP contribution >= 0.6 is 0 Å². The molecule has 1 aromatic carbocycles.